The van der Waals surface area contributed by atoms with Gasteiger partial charge in [0.05, 0.1) is 0 Å². The van der Waals surface area contributed by atoms with Crippen LogP contribution in [0.5, 0.6) is 0 Å². The monoisotopic (exact) mass is 211 g/mol. The predicted octanol–water partition coefficient (Wildman–Crippen LogP) is 0.387. The average molecular weight is 211 g/mol. The minimum atomic E-state index is -2.23. The molecule has 0 saturated carbocycles. The van der Waals surface area contributed by atoms with Crippen molar-refractivity contribution in [2.75, 3.05) is 27.4 Å². The second-order valence-electron chi connectivity index (χ2n) is 3.06. The van der Waals surface area contributed by atoms with Crippen LogP contribution in [0, 0.1) is 0 Å². The molecule has 1 aromatic rings. The van der Waals surface area contributed by atoms with E-state index >= 15 is 0 Å². The summed E-state index contributed by atoms with van der Waals surface area (Å²) in [7, 11) is 3.09. The van der Waals surface area contributed by atoms with E-state index in [-0.39, 0.29) is 0 Å². The highest BCUT2D eigenvalue weighted by molar-refractivity contribution is 6.81. The number of rotatable bonds is 5. The second-order valence-corrected chi connectivity index (χ2v) is 6.31. The van der Waals surface area contributed by atoms with Crippen molar-refractivity contribution in [3.63, 3.8) is 0 Å². The lowest BCUT2D eigenvalue weighted by Gasteiger charge is -2.27. The van der Waals surface area contributed by atoms with E-state index in [0.717, 1.165) is 11.4 Å². The molecule has 3 nitrogen and oxygen atoms in total. The molecular weight excluding hydrogens is 194 g/mol. The molecule has 0 saturated heterocycles. The lowest BCUT2D eigenvalue weighted by atomic mass is 10.4. The molecule has 0 unspecified atom stereocenters. The van der Waals surface area contributed by atoms with Gasteiger partial charge in [-0.25, -0.2) is 0 Å². The fourth-order valence-corrected chi connectivity index (χ4v) is 3.79. The lowest BCUT2D eigenvalue weighted by molar-refractivity contribution is 0.256. The maximum atomic E-state index is 5.57. The zero-order valence-corrected chi connectivity index (χ0v) is 9.91. The maximum absolute atomic E-state index is 5.57. The lowest BCUT2D eigenvalue weighted by Crippen LogP contribution is -2.59. The maximum Gasteiger partial charge on any atom is 0.386 e. The van der Waals surface area contributed by atoms with E-state index in [1.165, 1.54) is 0 Å². The molecule has 0 radical (unpaired) electrons. The van der Waals surface area contributed by atoms with Crippen LogP contribution in [0.1, 0.15) is 0 Å². The first-order valence-electron chi connectivity index (χ1n) is 4.59. The molecule has 0 aliphatic carbocycles. The third-order valence-corrected chi connectivity index (χ3v) is 5.63. The first-order valence-corrected chi connectivity index (χ1v) is 6.62. The molecule has 0 aromatic heterocycles. The number of nitrogens with one attached hydrogen (secondary N) is 1. The van der Waals surface area contributed by atoms with Crippen LogP contribution in [0.15, 0.2) is 30.3 Å². The van der Waals surface area contributed by atoms with Gasteiger partial charge in [-0.1, -0.05) is 30.3 Å². The van der Waals surface area contributed by atoms with Crippen molar-refractivity contribution in [3.8, 4) is 0 Å². The van der Waals surface area contributed by atoms with Gasteiger partial charge in [0, 0.05) is 20.4 Å². The highest BCUT2D eigenvalue weighted by Crippen LogP contribution is 2.04. The summed E-state index contributed by atoms with van der Waals surface area (Å²) in [5.74, 6) is 0. The van der Waals surface area contributed by atoms with Crippen LogP contribution < -0.4 is 10.5 Å². The standard InChI is InChI=1S/C10H17NO2Si/c1-11-9-14(12-2,13-3)10-7-5-4-6-8-10/h4-8,11H,9H2,1-3H3. The molecule has 0 aliphatic rings. The first-order chi connectivity index (χ1) is 6.79. The summed E-state index contributed by atoms with van der Waals surface area (Å²) in [6.07, 6.45) is 0.754. The smallest absolute Gasteiger partial charge is 0.386 e. The Hall–Kier alpha value is -0.683. The zero-order chi connectivity index (χ0) is 10.4. The first kappa shape index (κ1) is 11.4. The molecule has 0 bridgehead atoms. The van der Waals surface area contributed by atoms with Gasteiger partial charge in [0.15, 0.2) is 0 Å². The van der Waals surface area contributed by atoms with E-state index in [0.29, 0.717) is 0 Å². The Labute approximate surface area is 86.3 Å². The molecule has 1 N–H and O–H groups in total. The Morgan fingerprint density at radius 1 is 1.14 bits per heavy atom. The van der Waals surface area contributed by atoms with Crippen LogP contribution in [0.25, 0.3) is 0 Å². The summed E-state index contributed by atoms with van der Waals surface area (Å²) >= 11 is 0. The third kappa shape index (κ3) is 2.22. The van der Waals surface area contributed by atoms with Crippen molar-refractivity contribution in [1.29, 1.82) is 0 Å². The van der Waals surface area contributed by atoms with Gasteiger partial charge in [-0.3, -0.25) is 0 Å². The molecule has 78 valence electrons. The molecule has 4 heteroatoms. The van der Waals surface area contributed by atoms with Crippen LogP contribution >= 0.6 is 0 Å². The van der Waals surface area contributed by atoms with Crippen LogP contribution in [0.3, 0.4) is 0 Å². The van der Waals surface area contributed by atoms with Crippen molar-refractivity contribution < 1.29 is 8.85 Å². The average Bonchev–Trinajstić information content (AvgIpc) is 2.27. The Balaban J connectivity index is 2.98. The predicted molar refractivity (Wildman–Crippen MR) is 59.8 cm³/mol. The van der Waals surface area contributed by atoms with Gasteiger partial charge in [-0.2, -0.15) is 0 Å². The largest absolute Gasteiger partial charge is 0.394 e. The molecule has 1 rings (SSSR count). The van der Waals surface area contributed by atoms with Crippen molar-refractivity contribution in [2.45, 2.75) is 0 Å². The van der Waals surface area contributed by atoms with E-state index < -0.39 is 8.56 Å². The Morgan fingerprint density at radius 2 is 1.71 bits per heavy atom. The summed E-state index contributed by atoms with van der Waals surface area (Å²) < 4.78 is 11.1. The molecule has 14 heavy (non-hydrogen) atoms. The topological polar surface area (TPSA) is 30.5 Å². The van der Waals surface area contributed by atoms with Crippen molar-refractivity contribution in [1.82, 2.24) is 5.32 Å². The van der Waals surface area contributed by atoms with Gasteiger partial charge in [0.2, 0.25) is 0 Å². The summed E-state index contributed by atoms with van der Waals surface area (Å²) in [5, 5.41) is 4.27. The summed E-state index contributed by atoms with van der Waals surface area (Å²) in [5.41, 5.74) is 0. The quantitative estimate of drug-likeness (QED) is 0.715. The summed E-state index contributed by atoms with van der Waals surface area (Å²) in [6.45, 7) is 0. The Morgan fingerprint density at radius 3 is 2.14 bits per heavy atom. The van der Waals surface area contributed by atoms with Crippen LogP contribution in [0.4, 0.5) is 0 Å². The fraction of sp³-hybridized carbons (Fsp3) is 0.400. The van der Waals surface area contributed by atoms with Gasteiger partial charge in [-0.15, -0.1) is 0 Å². The van der Waals surface area contributed by atoms with E-state index in [1.54, 1.807) is 14.2 Å². The van der Waals surface area contributed by atoms with Gasteiger partial charge >= 0.3 is 8.56 Å². The SMILES string of the molecule is CNC[Si](OC)(OC)c1ccccc1. The normalized spacial score (nSPS) is 11.6. The second kappa shape index (κ2) is 5.26. The molecular formula is C10H17NO2Si. The number of hydrogen-bond acceptors (Lipinski definition) is 3. The van der Waals surface area contributed by atoms with E-state index in [9.17, 15) is 0 Å². The minimum Gasteiger partial charge on any atom is -0.394 e. The highest BCUT2D eigenvalue weighted by atomic mass is 28.4. The van der Waals surface area contributed by atoms with Gasteiger partial charge in [0.25, 0.3) is 0 Å². The van der Waals surface area contributed by atoms with Crippen LogP contribution in [-0.4, -0.2) is 36.0 Å². The molecule has 0 aliphatic heterocycles. The van der Waals surface area contributed by atoms with Crippen LogP contribution in [-0.2, 0) is 8.85 Å². The van der Waals surface area contributed by atoms with E-state index in [2.05, 4.69) is 17.4 Å². The van der Waals surface area contributed by atoms with Crippen molar-refractivity contribution >= 4 is 13.7 Å². The molecule has 0 amide bonds. The highest BCUT2D eigenvalue weighted by Gasteiger charge is 2.37. The van der Waals surface area contributed by atoms with Gasteiger partial charge < -0.3 is 14.2 Å². The Bertz CT molecular complexity index is 262. The molecule has 0 fully saturated rings. The number of hydrogen-bond donors (Lipinski definition) is 1. The Kier molecular flexibility index (Phi) is 4.28. The third-order valence-electron chi connectivity index (χ3n) is 2.28. The fourth-order valence-electron chi connectivity index (χ4n) is 1.49. The molecule has 0 heterocycles. The molecule has 0 atom stereocenters. The summed E-state index contributed by atoms with van der Waals surface area (Å²) in [6, 6.07) is 10.1. The van der Waals surface area contributed by atoms with Gasteiger partial charge in [0.1, 0.15) is 0 Å². The zero-order valence-electron chi connectivity index (χ0n) is 8.91. The van der Waals surface area contributed by atoms with Crippen molar-refractivity contribution in [2.24, 2.45) is 0 Å². The minimum absolute atomic E-state index is 0.754. The van der Waals surface area contributed by atoms with Crippen molar-refractivity contribution in [3.05, 3.63) is 30.3 Å². The van der Waals surface area contributed by atoms with E-state index in [1.807, 2.05) is 25.2 Å². The molecule has 1 aromatic carbocycles. The van der Waals surface area contributed by atoms with Gasteiger partial charge in [-0.05, 0) is 12.2 Å². The number of benzene rings is 1. The van der Waals surface area contributed by atoms with Crippen LogP contribution in [0.2, 0.25) is 0 Å². The van der Waals surface area contributed by atoms with E-state index in [4.69, 9.17) is 8.85 Å². The molecule has 0 spiro atoms. The summed E-state index contributed by atoms with van der Waals surface area (Å²) in [4.78, 5) is 0.